The van der Waals surface area contributed by atoms with Gasteiger partial charge in [-0.05, 0) is 42.3 Å². The van der Waals surface area contributed by atoms with E-state index in [-0.39, 0.29) is 17.7 Å². The Labute approximate surface area is 154 Å². The average Bonchev–Trinajstić information content (AvgIpc) is 2.53. The zero-order valence-electron chi connectivity index (χ0n) is 14.6. The molecule has 1 amide bonds. The molecule has 1 atom stereocenters. The maximum absolute atomic E-state index is 12.7. The molecular weight excluding hydrogens is 346 g/mol. The highest BCUT2D eigenvalue weighted by Crippen LogP contribution is 2.26. The van der Waals surface area contributed by atoms with E-state index in [1.807, 2.05) is 26.0 Å². The first-order valence-electron chi connectivity index (χ1n) is 7.93. The van der Waals surface area contributed by atoms with Gasteiger partial charge >= 0.3 is 0 Å². The molecule has 1 rings (SSSR count). The second-order valence-electron chi connectivity index (χ2n) is 5.89. The van der Waals surface area contributed by atoms with Crippen LogP contribution in [0.15, 0.2) is 24.3 Å². The first-order chi connectivity index (χ1) is 11.4. The number of methoxy groups -OCH3 is 1. The van der Waals surface area contributed by atoms with Gasteiger partial charge in [0.15, 0.2) is 5.11 Å². The monoisotopic (exact) mass is 371 g/mol. The standard InChI is InChI=1S/C17H26ClN3O2S/c1-12(2)15(13-6-8-14(18)9-7-13)16(22)20-21(3)17(24)19-10-5-11-23-4/h6-9,12,15H,5,10-11H2,1-4H3,(H,19,24)(H,20,22)/t15-/m1/s1. The third-order valence-electron chi connectivity index (χ3n) is 3.56. The van der Waals surface area contributed by atoms with Crippen LogP contribution in [0, 0.1) is 5.92 Å². The summed E-state index contributed by atoms with van der Waals surface area (Å²) >= 11 is 11.2. The molecule has 0 spiro atoms. The van der Waals surface area contributed by atoms with Gasteiger partial charge in [0.05, 0.1) is 5.92 Å². The summed E-state index contributed by atoms with van der Waals surface area (Å²) in [6.45, 7) is 5.38. The van der Waals surface area contributed by atoms with Crippen LogP contribution in [0.2, 0.25) is 5.02 Å². The number of rotatable bonds is 7. The highest BCUT2D eigenvalue weighted by molar-refractivity contribution is 7.80. The van der Waals surface area contributed by atoms with Crippen molar-refractivity contribution in [3.8, 4) is 0 Å². The molecular formula is C17H26ClN3O2S. The van der Waals surface area contributed by atoms with Crippen molar-refractivity contribution in [3.63, 3.8) is 0 Å². The topological polar surface area (TPSA) is 53.6 Å². The smallest absolute Gasteiger partial charge is 0.246 e. The number of ether oxygens (including phenoxy) is 1. The molecule has 134 valence electrons. The highest BCUT2D eigenvalue weighted by Gasteiger charge is 2.25. The van der Waals surface area contributed by atoms with Crippen molar-refractivity contribution in [2.75, 3.05) is 27.3 Å². The molecule has 5 nitrogen and oxygen atoms in total. The Morgan fingerprint density at radius 2 is 1.96 bits per heavy atom. The van der Waals surface area contributed by atoms with E-state index in [1.54, 1.807) is 26.3 Å². The summed E-state index contributed by atoms with van der Waals surface area (Å²) in [4.78, 5) is 12.7. The van der Waals surface area contributed by atoms with E-state index in [1.165, 1.54) is 5.01 Å². The summed E-state index contributed by atoms with van der Waals surface area (Å²) in [5.41, 5.74) is 3.77. The van der Waals surface area contributed by atoms with Gasteiger partial charge in [-0.25, -0.2) is 0 Å². The van der Waals surface area contributed by atoms with Crippen LogP contribution >= 0.6 is 23.8 Å². The van der Waals surface area contributed by atoms with Crippen molar-refractivity contribution < 1.29 is 9.53 Å². The normalized spacial score (nSPS) is 11.9. The van der Waals surface area contributed by atoms with Gasteiger partial charge in [-0.3, -0.25) is 15.2 Å². The molecule has 0 fully saturated rings. The molecule has 0 saturated carbocycles. The Hall–Kier alpha value is -1.37. The summed E-state index contributed by atoms with van der Waals surface area (Å²) in [7, 11) is 3.39. The summed E-state index contributed by atoms with van der Waals surface area (Å²) in [6, 6.07) is 7.36. The van der Waals surface area contributed by atoms with Crippen LogP contribution < -0.4 is 10.7 Å². The summed E-state index contributed by atoms with van der Waals surface area (Å²) in [6.07, 6.45) is 0.845. The molecule has 0 bridgehead atoms. The number of carbonyl (C=O) groups is 1. The molecule has 0 aromatic heterocycles. The second kappa shape index (κ2) is 10.5. The third-order valence-corrected chi connectivity index (χ3v) is 4.23. The number of nitrogens with one attached hydrogen (secondary N) is 2. The third kappa shape index (κ3) is 6.63. The van der Waals surface area contributed by atoms with Crippen LogP contribution in [0.4, 0.5) is 0 Å². The number of benzene rings is 1. The average molecular weight is 372 g/mol. The fraction of sp³-hybridized carbons (Fsp3) is 0.529. The SMILES string of the molecule is COCCCNC(=S)N(C)NC(=O)[C@@H](c1ccc(Cl)cc1)C(C)C. The van der Waals surface area contributed by atoms with Gasteiger partial charge in [0, 0.05) is 32.3 Å². The number of carbonyl (C=O) groups excluding carboxylic acids is 1. The quantitative estimate of drug-likeness (QED) is 0.438. The van der Waals surface area contributed by atoms with Crippen LogP contribution in [0.3, 0.4) is 0 Å². The minimum atomic E-state index is -0.277. The van der Waals surface area contributed by atoms with Gasteiger partial charge in [-0.2, -0.15) is 0 Å². The maximum Gasteiger partial charge on any atom is 0.246 e. The number of nitrogens with zero attached hydrogens (tertiary/aromatic N) is 1. The zero-order chi connectivity index (χ0) is 18.1. The molecule has 1 aromatic carbocycles. The lowest BCUT2D eigenvalue weighted by Crippen LogP contribution is -2.50. The van der Waals surface area contributed by atoms with Crippen LogP contribution in [0.25, 0.3) is 0 Å². The van der Waals surface area contributed by atoms with E-state index >= 15 is 0 Å². The van der Waals surface area contributed by atoms with Crippen molar-refractivity contribution in [1.29, 1.82) is 0 Å². The molecule has 0 heterocycles. The number of hydrogen-bond donors (Lipinski definition) is 2. The first-order valence-corrected chi connectivity index (χ1v) is 8.72. The minimum absolute atomic E-state index is 0.101. The lowest BCUT2D eigenvalue weighted by atomic mass is 9.88. The Morgan fingerprint density at radius 1 is 1.33 bits per heavy atom. The van der Waals surface area contributed by atoms with Crippen LogP contribution in [0.5, 0.6) is 0 Å². The summed E-state index contributed by atoms with van der Waals surface area (Å²) in [5, 5.41) is 5.74. The molecule has 0 unspecified atom stereocenters. The van der Waals surface area contributed by atoms with Crippen molar-refractivity contribution >= 4 is 34.8 Å². The van der Waals surface area contributed by atoms with E-state index < -0.39 is 0 Å². The minimum Gasteiger partial charge on any atom is -0.385 e. The number of halogens is 1. The van der Waals surface area contributed by atoms with E-state index in [0.29, 0.717) is 23.3 Å². The van der Waals surface area contributed by atoms with Crippen LogP contribution in [-0.4, -0.2) is 43.3 Å². The van der Waals surface area contributed by atoms with Crippen molar-refractivity contribution in [3.05, 3.63) is 34.9 Å². The van der Waals surface area contributed by atoms with Gasteiger partial charge in [0.2, 0.25) is 5.91 Å². The summed E-state index contributed by atoms with van der Waals surface area (Å²) < 4.78 is 4.99. The van der Waals surface area contributed by atoms with E-state index in [4.69, 9.17) is 28.6 Å². The molecule has 24 heavy (non-hydrogen) atoms. The molecule has 0 aliphatic heterocycles. The fourth-order valence-electron chi connectivity index (χ4n) is 2.33. The molecule has 2 N–H and O–H groups in total. The second-order valence-corrected chi connectivity index (χ2v) is 6.71. The Bertz CT molecular complexity index is 537. The largest absolute Gasteiger partial charge is 0.385 e. The summed E-state index contributed by atoms with van der Waals surface area (Å²) in [5.74, 6) is -0.236. The molecule has 0 aliphatic carbocycles. The molecule has 0 aliphatic rings. The van der Waals surface area contributed by atoms with Crippen molar-refractivity contribution in [2.24, 2.45) is 5.92 Å². The maximum atomic E-state index is 12.7. The van der Waals surface area contributed by atoms with Crippen molar-refractivity contribution in [2.45, 2.75) is 26.2 Å². The molecule has 0 radical (unpaired) electrons. The molecule has 1 aromatic rings. The van der Waals surface area contributed by atoms with Crippen molar-refractivity contribution in [1.82, 2.24) is 15.8 Å². The van der Waals surface area contributed by atoms with Gasteiger partial charge in [0.1, 0.15) is 0 Å². The van der Waals surface area contributed by atoms with Gasteiger partial charge in [-0.1, -0.05) is 37.6 Å². The number of hydrazine groups is 1. The van der Waals surface area contributed by atoms with Gasteiger partial charge in [0.25, 0.3) is 0 Å². The Balaban J connectivity index is 2.64. The lowest BCUT2D eigenvalue weighted by molar-refractivity contribution is -0.126. The van der Waals surface area contributed by atoms with E-state index in [9.17, 15) is 4.79 Å². The Kier molecular flexibility index (Phi) is 9.03. The van der Waals surface area contributed by atoms with Crippen LogP contribution in [-0.2, 0) is 9.53 Å². The molecule has 0 saturated heterocycles. The number of hydrogen-bond acceptors (Lipinski definition) is 3. The van der Waals surface area contributed by atoms with Crippen LogP contribution in [0.1, 0.15) is 31.7 Å². The number of thiocarbonyl (C=S) groups is 1. The fourth-order valence-corrected chi connectivity index (χ4v) is 2.60. The zero-order valence-corrected chi connectivity index (χ0v) is 16.2. The highest BCUT2D eigenvalue weighted by atomic mass is 35.5. The first kappa shape index (κ1) is 20.7. The van der Waals surface area contributed by atoms with Gasteiger partial charge < -0.3 is 10.1 Å². The van der Waals surface area contributed by atoms with E-state index in [0.717, 1.165) is 12.0 Å². The van der Waals surface area contributed by atoms with Gasteiger partial charge in [-0.15, -0.1) is 0 Å². The number of amides is 1. The lowest BCUT2D eigenvalue weighted by Gasteiger charge is -2.26. The van der Waals surface area contributed by atoms with E-state index in [2.05, 4.69) is 10.7 Å². The predicted octanol–water partition coefficient (Wildman–Crippen LogP) is 2.95. The Morgan fingerprint density at radius 3 is 2.50 bits per heavy atom. The predicted molar refractivity (Wildman–Crippen MR) is 102 cm³/mol. The molecule has 7 heteroatoms.